The zero-order chi connectivity index (χ0) is 17.4. The average Bonchev–Trinajstić information content (AvgIpc) is 3.27. The topological polar surface area (TPSA) is 106 Å². The van der Waals surface area contributed by atoms with E-state index >= 15 is 0 Å². The Morgan fingerprint density at radius 1 is 1.24 bits per heavy atom. The van der Waals surface area contributed by atoms with Crippen molar-refractivity contribution in [2.45, 2.75) is 42.7 Å². The van der Waals surface area contributed by atoms with Gasteiger partial charge in [0.2, 0.25) is 0 Å². The van der Waals surface area contributed by atoms with Gasteiger partial charge in [-0.3, -0.25) is 10.1 Å². The fraction of sp³-hybridized carbons (Fsp3) is 0.500. The van der Waals surface area contributed by atoms with Crippen LogP contribution in [0, 0.1) is 32.8 Å². The van der Waals surface area contributed by atoms with Gasteiger partial charge in [-0.05, 0) is 50.2 Å². The van der Waals surface area contributed by atoms with E-state index in [9.17, 15) is 10.1 Å². The van der Waals surface area contributed by atoms with Gasteiger partial charge >= 0.3 is 0 Å². The molecule has 1 aromatic carbocycles. The number of nitrogens with one attached hydrogen (secondary N) is 1. The number of rotatable bonds is 3. The van der Waals surface area contributed by atoms with Gasteiger partial charge in [0.25, 0.3) is 5.69 Å². The number of halogens is 1. The molecule has 0 amide bonds. The van der Waals surface area contributed by atoms with Crippen LogP contribution in [0.25, 0.3) is 0 Å². The highest BCUT2D eigenvalue weighted by atomic mass is 35.5. The van der Waals surface area contributed by atoms with Crippen LogP contribution < -0.4 is 5.32 Å². The summed E-state index contributed by atoms with van der Waals surface area (Å²) in [6, 6.07) is 11.0. The van der Waals surface area contributed by atoms with Crippen molar-refractivity contribution in [2.24, 2.45) is 0 Å². The highest BCUT2D eigenvalue weighted by molar-refractivity contribution is 7.97. The molecule has 0 aromatic heterocycles. The molecule has 0 aliphatic carbocycles. The third-order valence-electron chi connectivity index (χ3n) is 3.85. The molecule has 3 rings (SSSR count). The first-order valence-electron chi connectivity index (χ1n) is 7.86. The second-order valence-electron chi connectivity index (χ2n) is 5.52. The van der Waals surface area contributed by atoms with E-state index in [0.717, 1.165) is 38.8 Å². The van der Waals surface area contributed by atoms with Crippen LogP contribution in [0.1, 0.15) is 25.7 Å². The molecule has 0 bridgehead atoms. The molecular weight excluding hydrogens is 362 g/mol. The molecule has 134 valence electrons. The molecule has 0 unspecified atom stereocenters. The molecule has 0 saturated carbocycles. The van der Waals surface area contributed by atoms with Gasteiger partial charge in [-0.1, -0.05) is 12.1 Å². The zero-order valence-corrected chi connectivity index (χ0v) is 15.3. The molecular formula is C16H20ClN5O2S. The number of nitrogens with zero attached hydrogens (tertiary/aromatic N) is 4. The Balaban J connectivity index is 0.000000330. The molecule has 2 heterocycles. The standard InChI is InChI=1S/C11H11N3O2S.C5H8N2.ClH/c12-8-9-4-3-7-13(9)17-11-6-2-1-5-10(11)14(15)16;6-4-5-2-1-3-7-5;/h1-2,5-6,9H,3-4,7H2;5,7H,1-3H2;1H/t9-;5-;/m00./s1. The molecule has 9 heteroatoms. The smallest absolute Gasteiger partial charge is 0.284 e. The van der Waals surface area contributed by atoms with Crippen molar-refractivity contribution in [1.29, 1.82) is 10.5 Å². The lowest BCUT2D eigenvalue weighted by Crippen LogP contribution is -2.20. The third kappa shape index (κ3) is 6.18. The van der Waals surface area contributed by atoms with Crippen molar-refractivity contribution < 1.29 is 4.92 Å². The van der Waals surface area contributed by atoms with Gasteiger partial charge < -0.3 is 5.32 Å². The fourth-order valence-electron chi connectivity index (χ4n) is 2.58. The lowest BCUT2D eigenvalue weighted by molar-refractivity contribution is -0.387. The molecule has 2 fully saturated rings. The van der Waals surface area contributed by atoms with E-state index in [1.54, 1.807) is 18.2 Å². The first-order chi connectivity index (χ1) is 11.7. The predicted octanol–water partition coefficient (Wildman–Crippen LogP) is 3.27. The van der Waals surface area contributed by atoms with Gasteiger partial charge in [-0.25, -0.2) is 4.31 Å². The highest BCUT2D eigenvalue weighted by Gasteiger charge is 2.27. The number of nitro benzene ring substituents is 1. The van der Waals surface area contributed by atoms with Crippen LogP contribution in [0.4, 0.5) is 5.69 Å². The molecule has 2 aliphatic rings. The van der Waals surface area contributed by atoms with Crippen LogP contribution >= 0.6 is 24.4 Å². The summed E-state index contributed by atoms with van der Waals surface area (Å²) in [5.74, 6) is 0. The molecule has 2 aliphatic heterocycles. The van der Waals surface area contributed by atoms with Crippen LogP contribution in [-0.2, 0) is 0 Å². The van der Waals surface area contributed by atoms with Crippen molar-refractivity contribution in [3.63, 3.8) is 0 Å². The van der Waals surface area contributed by atoms with Gasteiger partial charge in [0.1, 0.15) is 10.9 Å². The average molecular weight is 382 g/mol. The summed E-state index contributed by atoms with van der Waals surface area (Å²) in [6.07, 6.45) is 4.00. The minimum atomic E-state index is -0.389. The number of benzene rings is 1. The lowest BCUT2D eigenvalue weighted by Gasteiger charge is -2.17. The number of para-hydroxylation sites is 1. The van der Waals surface area contributed by atoms with E-state index in [0.29, 0.717) is 4.90 Å². The molecule has 0 radical (unpaired) electrons. The zero-order valence-electron chi connectivity index (χ0n) is 13.6. The van der Waals surface area contributed by atoms with Gasteiger partial charge in [0.05, 0.1) is 23.1 Å². The Morgan fingerprint density at radius 2 is 2.00 bits per heavy atom. The lowest BCUT2D eigenvalue weighted by atomic mass is 10.2. The minimum Gasteiger partial charge on any atom is -0.302 e. The van der Waals surface area contributed by atoms with Gasteiger partial charge in [0.15, 0.2) is 0 Å². The second kappa shape index (κ2) is 10.9. The normalized spacial score (nSPS) is 22.0. The monoisotopic (exact) mass is 381 g/mol. The SMILES string of the molecule is Cl.N#C[C@@H]1CCCN1.N#C[C@@H]1CCCN1Sc1ccccc1[N+](=O)[O-]. The summed E-state index contributed by atoms with van der Waals surface area (Å²) in [5, 5.41) is 31.1. The number of nitro groups is 1. The number of hydrogen-bond donors (Lipinski definition) is 1. The van der Waals surface area contributed by atoms with E-state index in [1.807, 2.05) is 4.31 Å². The first-order valence-corrected chi connectivity index (χ1v) is 8.63. The second-order valence-corrected chi connectivity index (χ2v) is 6.61. The molecule has 2 saturated heterocycles. The van der Waals surface area contributed by atoms with Crippen LogP contribution in [0.2, 0.25) is 0 Å². The highest BCUT2D eigenvalue weighted by Crippen LogP contribution is 2.35. The molecule has 7 nitrogen and oxygen atoms in total. The molecule has 2 atom stereocenters. The minimum absolute atomic E-state index is 0. The Kier molecular flexibility index (Phi) is 9.25. The van der Waals surface area contributed by atoms with Crippen LogP contribution in [-0.4, -0.2) is 34.4 Å². The summed E-state index contributed by atoms with van der Waals surface area (Å²) in [7, 11) is 0. The molecule has 1 aromatic rings. The van der Waals surface area contributed by atoms with E-state index in [-0.39, 0.29) is 35.1 Å². The Bertz CT molecular complexity index is 655. The van der Waals surface area contributed by atoms with E-state index in [2.05, 4.69) is 17.5 Å². The summed E-state index contributed by atoms with van der Waals surface area (Å²) in [4.78, 5) is 11.1. The maximum Gasteiger partial charge on any atom is 0.284 e. The molecule has 0 spiro atoms. The van der Waals surface area contributed by atoms with Crippen molar-refractivity contribution in [3.8, 4) is 12.1 Å². The van der Waals surface area contributed by atoms with E-state index in [4.69, 9.17) is 10.5 Å². The largest absolute Gasteiger partial charge is 0.302 e. The van der Waals surface area contributed by atoms with Crippen LogP contribution in [0.3, 0.4) is 0 Å². The maximum atomic E-state index is 10.9. The first kappa shape index (κ1) is 21.2. The Hall–Kier alpha value is -1.84. The van der Waals surface area contributed by atoms with E-state index in [1.165, 1.54) is 18.0 Å². The van der Waals surface area contributed by atoms with Crippen molar-refractivity contribution in [1.82, 2.24) is 9.62 Å². The third-order valence-corrected chi connectivity index (χ3v) is 5.06. The Labute approximate surface area is 157 Å². The molecule has 25 heavy (non-hydrogen) atoms. The Morgan fingerprint density at radius 3 is 2.56 bits per heavy atom. The maximum absolute atomic E-state index is 10.9. The van der Waals surface area contributed by atoms with Gasteiger partial charge in [0, 0.05) is 12.6 Å². The summed E-state index contributed by atoms with van der Waals surface area (Å²) in [6.45, 7) is 1.83. The predicted molar refractivity (Wildman–Crippen MR) is 98.2 cm³/mol. The number of hydrogen-bond acceptors (Lipinski definition) is 7. The quantitative estimate of drug-likeness (QED) is 0.486. The number of nitriles is 2. The summed E-state index contributed by atoms with van der Waals surface area (Å²) >= 11 is 1.31. The van der Waals surface area contributed by atoms with Crippen LogP contribution in [0.15, 0.2) is 29.2 Å². The van der Waals surface area contributed by atoms with Crippen molar-refractivity contribution in [3.05, 3.63) is 34.4 Å². The van der Waals surface area contributed by atoms with E-state index < -0.39 is 0 Å². The molecule has 1 N–H and O–H groups in total. The summed E-state index contributed by atoms with van der Waals surface area (Å²) in [5.41, 5.74) is 0.0982. The van der Waals surface area contributed by atoms with Crippen molar-refractivity contribution in [2.75, 3.05) is 13.1 Å². The van der Waals surface area contributed by atoms with Crippen LogP contribution in [0.5, 0.6) is 0 Å². The van der Waals surface area contributed by atoms with Gasteiger partial charge in [-0.2, -0.15) is 10.5 Å². The van der Waals surface area contributed by atoms with Crippen molar-refractivity contribution >= 4 is 30.0 Å². The summed E-state index contributed by atoms with van der Waals surface area (Å²) < 4.78 is 1.92. The van der Waals surface area contributed by atoms with Gasteiger partial charge in [-0.15, -0.1) is 12.4 Å². The fourth-order valence-corrected chi connectivity index (χ4v) is 3.71.